The Labute approximate surface area is 547 Å². The molecule has 9 atom stereocenters. The van der Waals surface area contributed by atoms with Crippen LogP contribution in [0, 0.1) is 24.1 Å². The van der Waals surface area contributed by atoms with Crippen LogP contribution in [-0.2, 0) is 92.1 Å². The number of hydrogen-bond donors (Lipinski definition) is 13. The van der Waals surface area contributed by atoms with Gasteiger partial charge in [-0.2, -0.15) is 0 Å². The number of amides is 12. The van der Waals surface area contributed by atoms with Gasteiger partial charge in [0.2, 0.25) is 47.3 Å². The fourth-order valence-corrected chi connectivity index (χ4v) is 13.9. The Morgan fingerprint density at radius 3 is 2.19 bits per heavy atom. The number of primary amides is 2. The molecule has 1 unspecified atom stereocenters. The van der Waals surface area contributed by atoms with Crippen molar-refractivity contribution in [1.82, 2.24) is 57.0 Å². The maximum absolute atomic E-state index is 15.6. The SMILES string of the molecule is CC[C@@]1(O)C(=O)OCc2c1cc1n(c2=O)Cc2c-1nc1cc(F)c(C)c3c1c2[C@@H](NC(=O)C12CC(OCNC(=O)[C@H](CCCNC(N)=O)NC(=O)[C@@H](NC(=O)C(CCC(=O)NC[C@H]4O[C@@H](CC(N)=O)[C@H](O)[C@@H]4O)NC(=O)CCNC(=O)CN4C(=O)C=CC4=O)C(C)C)(C1)C2)CC3. The zero-order valence-corrected chi connectivity index (χ0v) is 53.2. The second-order valence-corrected chi connectivity index (χ2v) is 25.9. The third-order valence-corrected chi connectivity index (χ3v) is 19.2. The van der Waals surface area contributed by atoms with Crippen molar-refractivity contribution >= 4 is 82.0 Å². The summed E-state index contributed by atoms with van der Waals surface area (Å²) in [4.78, 5) is 176. The first-order valence-electron chi connectivity index (χ1n) is 31.8. The average Bonchev–Trinajstić information content (AvgIpc) is 0.724. The lowest BCUT2D eigenvalue weighted by Crippen LogP contribution is -2.73. The van der Waals surface area contributed by atoms with Gasteiger partial charge in [0.25, 0.3) is 17.4 Å². The van der Waals surface area contributed by atoms with E-state index in [1.807, 2.05) is 0 Å². The highest BCUT2D eigenvalue weighted by Gasteiger charge is 2.73. The number of halogens is 1. The van der Waals surface area contributed by atoms with Crippen molar-refractivity contribution in [1.29, 1.82) is 0 Å². The molecule has 8 aliphatic rings. The summed E-state index contributed by atoms with van der Waals surface area (Å²) < 4.78 is 34.1. The van der Waals surface area contributed by atoms with Crippen LogP contribution in [0.15, 0.2) is 29.1 Å². The number of fused-ring (bicyclic) bond motifs is 5. The Bertz CT molecular complexity index is 3820. The molecule has 11 rings (SSSR count). The Morgan fingerprint density at radius 1 is 0.812 bits per heavy atom. The van der Waals surface area contributed by atoms with Gasteiger partial charge in [-0.25, -0.2) is 19.0 Å². The summed E-state index contributed by atoms with van der Waals surface area (Å²) in [6.07, 6.45) is -3.34. The van der Waals surface area contributed by atoms with E-state index in [0.29, 0.717) is 56.7 Å². The number of benzene rings is 1. The van der Waals surface area contributed by atoms with E-state index in [1.165, 1.54) is 10.6 Å². The Morgan fingerprint density at radius 2 is 1.51 bits per heavy atom. The van der Waals surface area contributed by atoms with E-state index in [2.05, 4.69) is 42.5 Å². The molecule has 4 fully saturated rings. The van der Waals surface area contributed by atoms with Crippen molar-refractivity contribution in [2.75, 3.05) is 32.9 Å². The topological polar surface area (TPSA) is 480 Å². The number of nitrogens with zero attached hydrogens (tertiary/aromatic N) is 3. The number of urea groups is 1. The quantitative estimate of drug-likeness (QED) is 0.0111. The standard InChI is InChI=1S/C63H78FN13O19/c1-5-63(93)33-17-39-51-31(21-76(39)57(89)32(33)23-94-59(63)91)49-35(9-8-30-29(4)34(64)18-38(72-51)48(30)49)74-58(90)61-24-62(25-61,26-61)95-27-70-54(86)36(7-6-15-68-60(66)92)73-56(88)50(28(2)3)75-55(87)37(71-44(80)14-16-67-45(81)22-77-46(82)12-13-47(77)83)10-11-43(79)69-20-41-53(85)52(84)40(96-41)19-42(65)78/h12-13,17-18,28,35-37,40-41,50,52-53,84-85,93H,5-11,14-16,19-27H2,1-4H3,(H2,65,78)(H,67,81)(H,69,79)(H,70,86)(H,71,80)(H,73,88)(H,74,90)(H,75,87)(H3,66,68,92)/t35-,36-,37?,40-,41+,50-,52-,53+,61?,62?,63-/m0/s1. The molecule has 4 aliphatic carbocycles. The van der Waals surface area contributed by atoms with Crippen molar-refractivity contribution in [3.8, 4) is 11.4 Å². The summed E-state index contributed by atoms with van der Waals surface area (Å²) in [6, 6.07) is -2.77. The van der Waals surface area contributed by atoms with E-state index in [4.69, 9.17) is 30.7 Å². The van der Waals surface area contributed by atoms with Gasteiger partial charge in [0.1, 0.15) is 62.1 Å². The van der Waals surface area contributed by atoms with E-state index >= 15 is 4.39 Å². The summed E-state index contributed by atoms with van der Waals surface area (Å²) in [5, 5.41) is 54.0. The number of aliphatic hydroxyl groups is 3. The first-order chi connectivity index (χ1) is 45.5. The summed E-state index contributed by atoms with van der Waals surface area (Å²) in [6.45, 7) is 4.51. The molecule has 2 aromatic heterocycles. The molecule has 0 radical (unpaired) electrons. The summed E-state index contributed by atoms with van der Waals surface area (Å²) >= 11 is 0. The molecule has 3 saturated carbocycles. The summed E-state index contributed by atoms with van der Waals surface area (Å²) in [7, 11) is 0. The first-order valence-corrected chi connectivity index (χ1v) is 31.8. The molecule has 12 amide bonds. The molecule has 0 spiro atoms. The minimum Gasteiger partial charge on any atom is -0.458 e. The number of aromatic nitrogens is 2. The van der Waals surface area contributed by atoms with E-state index in [9.17, 15) is 77.6 Å². The number of aryl methyl sites for hydroxylation is 1. The number of carbonyl (C=O) groups is 12. The zero-order chi connectivity index (χ0) is 69.5. The molecule has 32 nitrogen and oxygen atoms in total. The van der Waals surface area contributed by atoms with Crippen molar-refractivity contribution < 1.29 is 91.5 Å². The predicted octanol–water partition coefficient (Wildman–Crippen LogP) is -3.11. The van der Waals surface area contributed by atoms with Gasteiger partial charge in [-0.1, -0.05) is 20.8 Å². The van der Waals surface area contributed by atoms with Gasteiger partial charge in [-0.05, 0) is 93.4 Å². The fourth-order valence-electron chi connectivity index (χ4n) is 13.9. The Balaban J connectivity index is 0.765. The van der Waals surface area contributed by atoms with Crippen LogP contribution in [-0.4, -0.2) is 182 Å². The molecule has 33 heteroatoms. The summed E-state index contributed by atoms with van der Waals surface area (Å²) in [5.74, 6) is -9.34. The van der Waals surface area contributed by atoms with Crippen molar-refractivity contribution in [3.63, 3.8) is 0 Å². The lowest BCUT2D eigenvalue weighted by atomic mass is 9.40. The van der Waals surface area contributed by atoms with Gasteiger partial charge in [0.05, 0.1) is 58.6 Å². The number of pyridine rings is 2. The molecule has 516 valence electrons. The maximum Gasteiger partial charge on any atom is 0.343 e. The molecule has 3 aromatic rings. The number of cyclic esters (lactones) is 1. The number of rotatable bonds is 29. The second-order valence-electron chi connectivity index (χ2n) is 25.9. The van der Waals surface area contributed by atoms with Crippen LogP contribution in [0.5, 0.6) is 0 Å². The van der Waals surface area contributed by atoms with Crippen LogP contribution in [0.4, 0.5) is 9.18 Å². The van der Waals surface area contributed by atoms with Gasteiger partial charge in [-0.3, -0.25) is 57.6 Å². The predicted molar refractivity (Wildman–Crippen MR) is 329 cm³/mol. The number of ether oxygens (including phenoxy) is 3. The van der Waals surface area contributed by atoms with Crippen LogP contribution >= 0.6 is 0 Å². The second kappa shape index (κ2) is 27.8. The lowest BCUT2D eigenvalue weighted by molar-refractivity contribution is -0.276. The lowest BCUT2D eigenvalue weighted by Gasteiger charge is -2.68. The Hall–Kier alpha value is -9.31. The molecule has 4 aliphatic heterocycles. The van der Waals surface area contributed by atoms with Crippen molar-refractivity contribution in [2.24, 2.45) is 22.8 Å². The molecule has 15 N–H and O–H groups in total. The molecule has 1 saturated heterocycles. The third-order valence-electron chi connectivity index (χ3n) is 19.2. The van der Waals surface area contributed by atoms with Crippen molar-refractivity contribution in [3.05, 3.63) is 73.8 Å². The highest BCUT2D eigenvalue weighted by atomic mass is 19.1. The number of carbonyl (C=O) groups excluding carboxylic acids is 12. The van der Waals surface area contributed by atoms with Crippen LogP contribution < -0.4 is 59.6 Å². The van der Waals surface area contributed by atoms with Crippen LogP contribution in [0.25, 0.3) is 22.3 Å². The zero-order valence-electron chi connectivity index (χ0n) is 53.2. The van der Waals surface area contributed by atoms with Gasteiger partial charge in [0, 0.05) is 67.2 Å². The van der Waals surface area contributed by atoms with E-state index < -0.39 is 180 Å². The average molecular weight is 1340 g/mol. The molecule has 2 bridgehead atoms. The largest absolute Gasteiger partial charge is 0.458 e. The van der Waals surface area contributed by atoms with Crippen LogP contribution in [0.2, 0.25) is 0 Å². The van der Waals surface area contributed by atoms with Crippen LogP contribution in [0.3, 0.4) is 0 Å². The monoisotopic (exact) mass is 1340 g/mol. The van der Waals surface area contributed by atoms with Gasteiger partial charge < -0.3 is 88.1 Å². The molecule has 6 heterocycles. The normalized spacial score (nSPS) is 24.8. The number of aliphatic hydroxyl groups excluding tert-OH is 2. The minimum absolute atomic E-state index is 0.00170. The highest BCUT2D eigenvalue weighted by Crippen LogP contribution is 2.69. The number of imide groups is 1. The smallest absolute Gasteiger partial charge is 0.343 e. The number of hydrogen-bond acceptors (Lipinski definition) is 20. The number of nitrogens with two attached hydrogens (primary N) is 2. The maximum atomic E-state index is 15.6. The van der Waals surface area contributed by atoms with Crippen molar-refractivity contribution in [2.45, 2.75) is 178 Å². The molecule has 1 aromatic carbocycles. The van der Waals surface area contributed by atoms with Gasteiger partial charge in [0.15, 0.2) is 5.60 Å². The third kappa shape index (κ3) is 13.9. The van der Waals surface area contributed by atoms with E-state index in [0.717, 1.165) is 17.7 Å². The minimum atomic E-state index is -2.08. The highest BCUT2D eigenvalue weighted by molar-refractivity contribution is 6.14. The number of esters is 1. The number of nitrogens with one attached hydrogen (secondary N) is 8. The molecular weight excluding hydrogens is 1260 g/mol. The van der Waals surface area contributed by atoms with Gasteiger partial charge in [-0.15, -0.1) is 0 Å². The summed E-state index contributed by atoms with van der Waals surface area (Å²) in [5.41, 5.74) is 10.1. The fraction of sp³-hybridized carbons (Fsp3) is 0.556. The van der Waals surface area contributed by atoms with E-state index in [-0.39, 0.29) is 95.1 Å². The first kappa shape index (κ1) is 69.5. The van der Waals surface area contributed by atoms with E-state index in [1.54, 1.807) is 33.8 Å². The van der Waals surface area contributed by atoms with Crippen LogP contribution in [0.1, 0.15) is 131 Å². The van der Waals surface area contributed by atoms with Gasteiger partial charge >= 0.3 is 12.0 Å². The Kier molecular flexibility index (Phi) is 20.1. The molecular formula is C63H78FN13O19. The molecule has 96 heavy (non-hydrogen) atoms.